The molecular formula is C23H38N5O4P. The summed E-state index contributed by atoms with van der Waals surface area (Å²) >= 11 is 0. The quantitative estimate of drug-likeness (QED) is 0.314. The molecule has 0 spiro atoms. The van der Waals surface area contributed by atoms with E-state index in [0.717, 1.165) is 25.0 Å². The Morgan fingerprint density at radius 3 is 2.55 bits per heavy atom. The summed E-state index contributed by atoms with van der Waals surface area (Å²) in [5.41, 5.74) is 6.71. The smallest absolute Gasteiger partial charge is 0.329 e. The van der Waals surface area contributed by atoms with Gasteiger partial charge in [0.05, 0.1) is 13.2 Å². The molecule has 0 radical (unpaired) electrons. The van der Waals surface area contributed by atoms with Crippen LogP contribution in [0.15, 0.2) is 18.5 Å². The van der Waals surface area contributed by atoms with Gasteiger partial charge in [-0.1, -0.05) is 34.6 Å². The van der Waals surface area contributed by atoms with Crippen molar-refractivity contribution in [2.24, 2.45) is 10.8 Å². The molecule has 0 aliphatic rings. The second-order valence-electron chi connectivity index (χ2n) is 10.4. The summed E-state index contributed by atoms with van der Waals surface area (Å²) in [6, 6.07) is 5.91. The van der Waals surface area contributed by atoms with Crippen molar-refractivity contribution in [3.63, 3.8) is 0 Å². The molecule has 2 aromatic heterocycles. The van der Waals surface area contributed by atoms with Crippen LogP contribution in [0.5, 0.6) is 0 Å². The summed E-state index contributed by atoms with van der Waals surface area (Å²) in [7, 11) is -0.633. The number of ether oxygens (including phenoxy) is 1. The lowest BCUT2D eigenvalue weighted by molar-refractivity contribution is -0.0109. The predicted octanol–water partition coefficient (Wildman–Crippen LogP) is 4.65. The average molecular weight is 480 g/mol. The van der Waals surface area contributed by atoms with E-state index in [9.17, 15) is 10.2 Å². The van der Waals surface area contributed by atoms with E-state index in [1.54, 1.807) is 4.52 Å². The highest BCUT2D eigenvalue weighted by molar-refractivity contribution is 7.40. The van der Waals surface area contributed by atoms with Crippen molar-refractivity contribution in [1.29, 1.82) is 5.26 Å². The summed E-state index contributed by atoms with van der Waals surface area (Å²) < 4.78 is 18.1. The van der Waals surface area contributed by atoms with Crippen molar-refractivity contribution in [3.05, 3.63) is 24.2 Å². The van der Waals surface area contributed by atoms with E-state index in [-0.39, 0.29) is 17.4 Å². The number of nitrogens with two attached hydrogens (primary N) is 1. The zero-order valence-electron chi connectivity index (χ0n) is 20.7. The monoisotopic (exact) mass is 479 g/mol. The lowest BCUT2D eigenvalue weighted by atomic mass is 9.74. The Bertz CT molecular complexity index is 937. The molecule has 33 heavy (non-hydrogen) atoms. The fourth-order valence-electron chi connectivity index (χ4n) is 4.31. The number of rotatable bonds is 13. The molecule has 2 aromatic rings. The van der Waals surface area contributed by atoms with Crippen LogP contribution in [-0.4, -0.2) is 45.4 Å². The van der Waals surface area contributed by atoms with Crippen LogP contribution in [0.1, 0.15) is 66.0 Å². The number of hydrogen-bond donors (Lipinski definition) is 2. The first-order chi connectivity index (χ1) is 15.4. The molecule has 184 valence electrons. The van der Waals surface area contributed by atoms with Crippen LogP contribution in [0.3, 0.4) is 0 Å². The molecule has 0 saturated heterocycles. The highest BCUT2D eigenvalue weighted by Crippen LogP contribution is 2.38. The number of methoxy groups -OCH3 is 1. The third-order valence-corrected chi connectivity index (χ3v) is 6.31. The standard InChI is InChI=1S/C23H38N5O4P/c1-21(2,3)14-22(4,5)11-7-13-31-33(29)32-16-23(15-24,30-6)12-10-18-8-9-19-20(25)26-17-27-28(18)19/h8-9,17,29H,7,10-14,16H2,1-6H3,(H2,25,26,27). The third kappa shape index (κ3) is 8.47. The van der Waals surface area contributed by atoms with Crippen LogP contribution in [0.4, 0.5) is 5.82 Å². The Morgan fingerprint density at radius 1 is 1.18 bits per heavy atom. The van der Waals surface area contributed by atoms with E-state index in [4.69, 9.17) is 19.5 Å². The van der Waals surface area contributed by atoms with Gasteiger partial charge < -0.3 is 24.4 Å². The fraction of sp³-hybridized carbons (Fsp3) is 0.696. The second-order valence-corrected chi connectivity index (χ2v) is 11.4. The van der Waals surface area contributed by atoms with Crippen molar-refractivity contribution >= 4 is 19.9 Å². The Balaban J connectivity index is 1.82. The molecule has 2 unspecified atom stereocenters. The van der Waals surface area contributed by atoms with Crippen LogP contribution in [0, 0.1) is 22.2 Å². The summed E-state index contributed by atoms with van der Waals surface area (Å²) in [5.74, 6) is 0.391. The Labute approximate surface area is 198 Å². The highest BCUT2D eigenvalue weighted by atomic mass is 31.2. The molecule has 9 nitrogen and oxygen atoms in total. The van der Waals surface area contributed by atoms with Gasteiger partial charge in [0.25, 0.3) is 0 Å². The summed E-state index contributed by atoms with van der Waals surface area (Å²) in [6.07, 6.45) is 5.17. The lowest BCUT2D eigenvalue weighted by Crippen LogP contribution is -2.35. The number of hydrogen-bond acceptors (Lipinski definition) is 8. The van der Waals surface area contributed by atoms with Crippen molar-refractivity contribution < 1.29 is 18.7 Å². The molecule has 3 N–H and O–H groups in total. The van der Waals surface area contributed by atoms with Gasteiger partial charge in [-0.2, -0.15) is 10.4 Å². The summed E-state index contributed by atoms with van der Waals surface area (Å²) in [4.78, 5) is 14.1. The number of nitriles is 1. The zero-order chi connectivity index (χ0) is 24.7. The van der Waals surface area contributed by atoms with Gasteiger partial charge in [0, 0.05) is 12.8 Å². The third-order valence-electron chi connectivity index (χ3n) is 5.56. The topological polar surface area (TPSA) is 128 Å². The zero-order valence-corrected chi connectivity index (χ0v) is 21.6. The first kappa shape index (κ1) is 27.4. The SMILES string of the molecule is COC(C#N)(CCc1ccc2c(N)ncnn12)COP(O)OCCCC(C)(C)CC(C)(C)C. The van der Waals surface area contributed by atoms with E-state index < -0.39 is 14.2 Å². The Kier molecular flexibility index (Phi) is 9.59. The first-order valence-electron chi connectivity index (χ1n) is 11.2. The number of anilines is 1. The van der Waals surface area contributed by atoms with Crippen molar-refractivity contribution in [2.75, 3.05) is 26.1 Å². The predicted molar refractivity (Wildman–Crippen MR) is 129 cm³/mol. The molecule has 2 rings (SSSR count). The van der Waals surface area contributed by atoms with Gasteiger partial charge in [0.1, 0.15) is 17.9 Å². The molecule has 2 heterocycles. The van der Waals surface area contributed by atoms with Gasteiger partial charge in [-0.3, -0.25) is 0 Å². The maximum Gasteiger partial charge on any atom is 0.329 e. The molecule has 0 aromatic carbocycles. The van der Waals surface area contributed by atoms with Gasteiger partial charge >= 0.3 is 8.60 Å². The van der Waals surface area contributed by atoms with Gasteiger partial charge in [-0.25, -0.2) is 9.50 Å². The highest BCUT2D eigenvalue weighted by Gasteiger charge is 2.32. The van der Waals surface area contributed by atoms with Crippen LogP contribution in [0.25, 0.3) is 5.52 Å². The maximum atomic E-state index is 10.2. The van der Waals surface area contributed by atoms with Gasteiger partial charge in [-0.05, 0) is 55.1 Å². The molecule has 10 heteroatoms. The van der Waals surface area contributed by atoms with Crippen molar-refractivity contribution in [2.45, 2.75) is 72.3 Å². The van der Waals surface area contributed by atoms with E-state index >= 15 is 0 Å². The lowest BCUT2D eigenvalue weighted by Gasteiger charge is -2.32. The van der Waals surface area contributed by atoms with E-state index in [2.05, 4.69) is 50.8 Å². The number of aryl methyl sites for hydroxylation is 1. The van der Waals surface area contributed by atoms with Crippen LogP contribution in [-0.2, 0) is 20.2 Å². The van der Waals surface area contributed by atoms with Crippen molar-refractivity contribution in [1.82, 2.24) is 14.6 Å². The summed E-state index contributed by atoms with van der Waals surface area (Å²) in [6.45, 7) is 11.5. The summed E-state index contributed by atoms with van der Waals surface area (Å²) in [5, 5.41) is 14.0. The number of nitrogens with zero attached hydrogens (tertiary/aromatic N) is 4. The molecule has 0 aliphatic heterocycles. The largest absolute Gasteiger partial charge is 0.382 e. The number of aromatic nitrogens is 3. The Hall–Kier alpha value is -1.82. The first-order valence-corrected chi connectivity index (χ1v) is 12.3. The molecule has 0 aliphatic carbocycles. The minimum atomic E-state index is -2.09. The number of fused-ring (bicyclic) bond motifs is 1. The molecule has 0 bridgehead atoms. The molecule has 2 atom stereocenters. The van der Waals surface area contributed by atoms with Crippen LogP contribution >= 0.6 is 8.60 Å². The van der Waals surface area contributed by atoms with Gasteiger partial charge in [0.2, 0.25) is 0 Å². The normalized spacial score (nSPS) is 15.3. The molecule has 0 fully saturated rings. The van der Waals surface area contributed by atoms with Gasteiger partial charge in [-0.15, -0.1) is 0 Å². The van der Waals surface area contributed by atoms with Crippen molar-refractivity contribution in [3.8, 4) is 6.07 Å². The van der Waals surface area contributed by atoms with E-state index in [1.807, 2.05) is 12.1 Å². The molecule has 0 amide bonds. The van der Waals surface area contributed by atoms with Gasteiger partial charge in [0.15, 0.2) is 11.4 Å². The average Bonchev–Trinajstić information content (AvgIpc) is 3.15. The second kappa shape index (κ2) is 11.5. The van der Waals surface area contributed by atoms with Crippen LogP contribution in [0.2, 0.25) is 0 Å². The fourth-order valence-corrected chi connectivity index (χ4v) is 4.99. The minimum absolute atomic E-state index is 0.0991. The molecule has 0 saturated carbocycles. The Morgan fingerprint density at radius 2 is 1.91 bits per heavy atom. The van der Waals surface area contributed by atoms with Crippen LogP contribution < -0.4 is 5.73 Å². The van der Waals surface area contributed by atoms with E-state index in [0.29, 0.717) is 30.8 Å². The maximum absolute atomic E-state index is 10.2. The minimum Gasteiger partial charge on any atom is -0.382 e. The number of nitrogen functional groups attached to an aromatic ring is 1. The molecular weight excluding hydrogens is 441 g/mol. The van der Waals surface area contributed by atoms with E-state index in [1.165, 1.54) is 13.4 Å².